The van der Waals surface area contributed by atoms with Crippen molar-refractivity contribution in [1.82, 2.24) is 9.97 Å². The molecule has 0 aliphatic rings. The summed E-state index contributed by atoms with van der Waals surface area (Å²) in [6, 6.07) is 13.2. The number of hydrogen-bond donors (Lipinski definition) is 1. The monoisotopic (exact) mass is 377 g/mol. The molecule has 3 aromatic rings. The number of ether oxygens (including phenoxy) is 3. The molecule has 0 aliphatic heterocycles. The van der Waals surface area contributed by atoms with Gasteiger partial charge in [-0.15, -0.1) is 0 Å². The number of allylic oxidation sites excluding steroid dienone is 1. The number of nitrogens with one attached hydrogen (secondary N) is 1. The summed E-state index contributed by atoms with van der Waals surface area (Å²) in [5.41, 5.74) is 3.90. The van der Waals surface area contributed by atoms with Crippen molar-refractivity contribution < 1.29 is 19.0 Å². The second kappa shape index (κ2) is 8.27. The average molecular weight is 377 g/mol. The Morgan fingerprint density at radius 2 is 2.04 bits per heavy atom. The highest BCUT2D eigenvalue weighted by molar-refractivity contribution is 5.90. The quantitative estimate of drug-likeness (QED) is 0.522. The van der Waals surface area contributed by atoms with Gasteiger partial charge in [-0.05, 0) is 48.4 Å². The summed E-state index contributed by atoms with van der Waals surface area (Å²) < 4.78 is 15.3. The van der Waals surface area contributed by atoms with E-state index in [1.807, 2.05) is 25.1 Å². The van der Waals surface area contributed by atoms with Gasteiger partial charge in [0.15, 0.2) is 18.1 Å². The first kappa shape index (κ1) is 19.0. The number of imidazole rings is 1. The van der Waals surface area contributed by atoms with Gasteiger partial charge in [-0.1, -0.05) is 12.1 Å². The first-order valence-corrected chi connectivity index (χ1v) is 8.50. The number of carbonyl (C=O) groups excluding carboxylic acids is 1. The Bertz CT molecular complexity index is 1090. The summed E-state index contributed by atoms with van der Waals surface area (Å²) in [7, 11) is 2.79. The molecule has 0 saturated heterocycles. The summed E-state index contributed by atoms with van der Waals surface area (Å²) in [5.74, 6) is 0.851. The van der Waals surface area contributed by atoms with E-state index in [0.29, 0.717) is 22.9 Å². The Morgan fingerprint density at radius 1 is 1.21 bits per heavy atom. The molecule has 7 nitrogen and oxygen atoms in total. The van der Waals surface area contributed by atoms with E-state index in [0.717, 1.165) is 22.2 Å². The summed E-state index contributed by atoms with van der Waals surface area (Å²) >= 11 is 0. The molecule has 0 amide bonds. The van der Waals surface area contributed by atoms with Crippen molar-refractivity contribution in [3.05, 3.63) is 53.3 Å². The van der Waals surface area contributed by atoms with E-state index in [4.69, 9.17) is 9.47 Å². The fourth-order valence-electron chi connectivity index (χ4n) is 2.66. The zero-order valence-corrected chi connectivity index (χ0v) is 15.8. The molecule has 1 heterocycles. The maximum absolute atomic E-state index is 11.2. The molecule has 28 heavy (non-hydrogen) atoms. The molecule has 0 aliphatic carbocycles. The number of aromatic nitrogens is 2. The van der Waals surface area contributed by atoms with E-state index < -0.39 is 5.97 Å². The van der Waals surface area contributed by atoms with Gasteiger partial charge >= 0.3 is 5.97 Å². The van der Waals surface area contributed by atoms with Crippen LogP contribution in [0.2, 0.25) is 0 Å². The SMILES string of the molecule is COC(=O)COc1ccc(/C=C(/C#N)c2nc3ccc(C)cc3[nH]2)cc1OC. The van der Waals surface area contributed by atoms with Gasteiger partial charge in [-0.25, -0.2) is 9.78 Å². The molecule has 0 radical (unpaired) electrons. The van der Waals surface area contributed by atoms with Crippen LogP contribution in [0.5, 0.6) is 11.5 Å². The fraction of sp³-hybridized carbons (Fsp3) is 0.190. The normalized spacial score (nSPS) is 11.1. The second-order valence-electron chi connectivity index (χ2n) is 6.05. The van der Waals surface area contributed by atoms with Gasteiger partial charge in [-0.2, -0.15) is 5.26 Å². The number of hydrogen-bond acceptors (Lipinski definition) is 6. The van der Waals surface area contributed by atoms with Crippen LogP contribution in [0.4, 0.5) is 0 Å². The van der Waals surface area contributed by atoms with E-state index in [1.54, 1.807) is 24.3 Å². The van der Waals surface area contributed by atoms with Crippen molar-refractivity contribution in [2.45, 2.75) is 6.92 Å². The number of carbonyl (C=O) groups is 1. The number of H-pyrrole nitrogens is 1. The molecule has 1 N–H and O–H groups in total. The zero-order chi connectivity index (χ0) is 20.1. The Hall–Kier alpha value is -3.79. The Balaban J connectivity index is 1.91. The number of fused-ring (bicyclic) bond motifs is 1. The molecule has 142 valence electrons. The maximum Gasteiger partial charge on any atom is 0.343 e. The fourth-order valence-corrected chi connectivity index (χ4v) is 2.66. The molecule has 7 heteroatoms. The minimum absolute atomic E-state index is 0.218. The van der Waals surface area contributed by atoms with Crippen molar-refractivity contribution in [3.63, 3.8) is 0 Å². The topological polar surface area (TPSA) is 97.2 Å². The Morgan fingerprint density at radius 3 is 2.75 bits per heavy atom. The Labute approximate surface area is 162 Å². The lowest BCUT2D eigenvalue weighted by atomic mass is 10.1. The number of benzene rings is 2. The summed E-state index contributed by atoms with van der Waals surface area (Å²) in [4.78, 5) is 18.9. The minimum atomic E-state index is -0.488. The second-order valence-corrected chi connectivity index (χ2v) is 6.05. The average Bonchev–Trinajstić information content (AvgIpc) is 3.13. The summed E-state index contributed by atoms with van der Waals surface area (Å²) in [6.07, 6.45) is 1.71. The van der Waals surface area contributed by atoms with Gasteiger partial charge in [0.2, 0.25) is 0 Å². The van der Waals surface area contributed by atoms with Crippen molar-refractivity contribution in [2.24, 2.45) is 0 Å². The zero-order valence-electron chi connectivity index (χ0n) is 15.8. The van der Waals surface area contributed by atoms with Crippen LogP contribution in [0.25, 0.3) is 22.7 Å². The number of methoxy groups -OCH3 is 2. The molecule has 0 spiro atoms. The molecule has 1 aromatic heterocycles. The van der Waals surface area contributed by atoms with Crippen LogP contribution in [0.15, 0.2) is 36.4 Å². The largest absolute Gasteiger partial charge is 0.493 e. The van der Waals surface area contributed by atoms with E-state index >= 15 is 0 Å². The molecule has 3 rings (SSSR count). The van der Waals surface area contributed by atoms with Crippen LogP contribution < -0.4 is 9.47 Å². The third kappa shape index (κ3) is 4.13. The predicted octanol–water partition coefficient (Wildman–Crippen LogP) is 3.50. The van der Waals surface area contributed by atoms with Crippen LogP contribution in [0, 0.1) is 18.3 Å². The molecular weight excluding hydrogens is 358 g/mol. The highest BCUT2D eigenvalue weighted by atomic mass is 16.6. The first-order valence-electron chi connectivity index (χ1n) is 8.50. The van der Waals surface area contributed by atoms with Gasteiger partial charge < -0.3 is 19.2 Å². The molecule has 0 atom stereocenters. The van der Waals surface area contributed by atoms with Crippen molar-refractivity contribution in [1.29, 1.82) is 5.26 Å². The van der Waals surface area contributed by atoms with Crippen molar-refractivity contribution >= 4 is 28.7 Å². The van der Waals surface area contributed by atoms with Crippen LogP contribution >= 0.6 is 0 Å². The van der Waals surface area contributed by atoms with E-state index in [9.17, 15) is 10.1 Å². The van der Waals surface area contributed by atoms with Crippen LogP contribution in [0.3, 0.4) is 0 Å². The van der Waals surface area contributed by atoms with E-state index in [1.165, 1.54) is 14.2 Å². The molecule has 0 fully saturated rings. The lowest BCUT2D eigenvalue weighted by molar-refractivity contribution is -0.142. The molecular formula is C21H19N3O4. The number of nitrogens with zero attached hydrogens (tertiary/aromatic N) is 2. The number of rotatable bonds is 6. The number of aromatic amines is 1. The van der Waals surface area contributed by atoms with Gasteiger partial charge in [0, 0.05) is 0 Å². The van der Waals surface area contributed by atoms with Crippen molar-refractivity contribution in [3.8, 4) is 17.6 Å². The summed E-state index contributed by atoms with van der Waals surface area (Å²) in [6.45, 7) is 1.78. The molecule has 0 bridgehead atoms. The lowest BCUT2D eigenvalue weighted by Gasteiger charge is -2.10. The first-order chi connectivity index (χ1) is 13.5. The third-order valence-corrected chi connectivity index (χ3v) is 4.08. The standard InChI is InChI=1S/C21H19N3O4/c1-13-4-6-16-17(8-13)24-21(23-16)15(11-22)9-14-5-7-18(19(10-14)26-2)28-12-20(25)27-3/h4-10H,12H2,1-3H3,(H,23,24)/b15-9-. The highest BCUT2D eigenvalue weighted by Gasteiger charge is 2.11. The van der Waals surface area contributed by atoms with Gasteiger partial charge in [0.1, 0.15) is 11.9 Å². The minimum Gasteiger partial charge on any atom is -0.493 e. The highest BCUT2D eigenvalue weighted by Crippen LogP contribution is 2.30. The summed E-state index contributed by atoms with van der Waals surface area (Å²) in [5, 5.41) is 9.59. The van der Waals surface area contributed by atoms with Crippen LogP contribution in [-0.4, -0.2) is 36.8 Å². The molecule has 0 saturated carbocycles. The van der Waals surface area contributed by atoms with Gasteiger partial charge in [0.25, 0.3) is 0 Å². The number of nitriles is 1. The third-order valence-electron chi connectivity index (χ3n) is 4.08. The van der Waals surface area contributed by atoms with Gasteiger partial charge in [0.05, 0.1) is 30.8 Å². The van der Waals surface area contributed by atoms with Crippen LogP contribution in [-0.2, 0) is 9.53 Å². The molecule has 2 aromatic carbocycles. The van der Waals surface area contributed by atoms with E-state index in [-0.39, 0.29) is 6.61 Å². The van der Waals surface area contributed by atoms with E-state index in [2.05, 4.69) is 20.8 Å². The maximum atomic E-state index is 11.2. The predicted molar refractivity (Wildman–Crippen MR) is 105 cm³/mol. The van der Waals surface area contributed by atoms with Crippen LogP contribution in [0.1, 0.15) is 17.0 Å². The number of esters is 1. The van der Waals surface area contributed by atoms with Gasteiger partial charge in [-0.3, -0.25) is 0 Å². The van der Waals surface area contributed by atoms with Crippen molar-refractivity contribution in [2.75, 3.05) is 20.8 Å². The number of aryl methyl sites for hydroxylation is 1. The smallest absolute Gasteiger partial charge is 0.343 e. The Kier molecular flexibility index (Phi) is 5.61. The lowest BCUT2D eigenvalue weighted by Crippen LogP contribution is -2.12. The molecule has 0 unspecified atom stereocenters.